The van der Waals surface area contributed by atoms with Crippen molar-refractivity contribution in [3.8, 4) is 0 Å². The molecule has 0 spiro atoms. The number of carbonyl (C=O) groups is 1. The van der Waals surface area contributed by atoms with E-state index < -0.39 is 0 Å². The second-order valence-corrected chi connectivity index (χ2v) is 12.2. The molecule has 2 rings (SSSR count). The molecule has 0 saturated heterocycles. The van der Waals surface area contributed by atoms with E-state index in [1.165, 1.54) is 22.3 Å². The Bertz CT molecular complexity index is 870. The predicted octanol–water partition coefficient (Wildman–Crippen LogP) is 7.95. The predicted molar refractivity (Wildman–Crippen MR) is 140 cm³/mol. The van der Waals surface area contributed by atoms with Gasteiger partial charge in [0.2, 0.25) is 5.91 Å². The van der Waals surface area contributed by atoms with Crippen molar-refractivity contribution in [2.75, 3.05) is 11.4 Å². The van der Waals surface area contributed by atoms with Crippen LogP contribution in [-0.2, 0) is 27.5 Å². The van der Waals surface area contributed by atoms with Gasteiger partial charge in [-0.3, -0.25) is 4.79 Å². The second-order valence-electron chi connectivity index (χ2n) is 12.2. The van der Waals surface area contributed by atoms with Crippen molar-refractivity contribution in [1.82, 2.24) is 0 Å². The van der Waals surface area contributed by atoms with Gasteiger partial charge in [-0.15, -0.1) is 0 Å². The number of anilines is 1. The Morgan fingerprint density at radius 3 is 1.69 bits per heavy atom. The lowest BCUT2D eigenvalue weighted by Gasteiger charge is -2.38. The summed E-state index contributed by atoms with van der Waals surface area (Å²) in [6.45, 7) is 23.3. The van der Waals surface area contributed by atoms with E-state index >= 15 is 0 Å². The first kappa shape index (κ1) is 26.2. The van der Waals surface area contributed by atoms with Crippen LogP contribution in [0.2, 0.25) is 0 Å². The number of amides is 1. The molecular formula is C30H45NO. The average molecular weight is 436 g/mol. The van der Waals surface area contributed by atoms with Gasteiger partial charge in [-0.1, -0.05) is 112 Å². The van der Waals surface area contributed by atoms with Crippen molar-refractivity contribution in [2.45, 2.75) is 105 Å². The molecule has 0 N–H and O–H groups in total. The molecule has 0 aliphatic heterocycles. The highest BCUT2D eigenvalue weighted by Gasteiger charge is 2.33. The smallest absolute Gasteiger partial charge is 0.227 e. The van der Waals surface area contributed by atoms with Gasteiger partial charge in [0, 0.05) is 13.0 Å². The molecule has 0 unspecified atom stereocenters. The highest BCUT2D eigenvalue weighted by Crippen LogP contribution is 2.43. The Morgan fingerprint density at radius 1 is 0.781 bits per heavy atom. The number of rotatable bonds is 6. The van der Waals surface area contributed by atoms with Gasteiger partial charge in [0.1, 0.15) is 0 Å². The van der Waals surface area contributed by atoms with Crippen molar-refractivity contribution in [2.24, 2.45) is 0 Å². The number of hydrogen-bond acceptors (Lipinski definition) is 1. The third-order valence-electron chi connectivity index (χ3n) is 6.08. The van der Waals surface area contributed by atoms with Crippen LogP contribution in [0.25, 0.3) is 0 Å². The standard InChI is InChI=1S/C30H45NO/c1-11-19-31(26(32)18-17-22-15-13-12-14-16-22)27-24(29(5,6)7)20-23(28(2,3)4)21-25(27)30(8,9)10/h12-16,20-21H,11,17-19H2,1-10H3. The van der Waals surface area contributed by atoms with Gasteiger partial charge in [0.25, 0.3) is 0 Å². The Morgan fingerprint density at radius 2 is 1.28 bits per heavy atom. The monoisotopic (exact) mass is 435 g/mol. The fourth-order valence-electron chi connectivity index (χ4n) is 4.12. The molecule has 0 aromatic heterocycles. The van der Waals surface area contributed by atoms with Crippen molar-refractivity contribution in [3.05, 3.63) is 64.7 Å². The molecule has 0 aliphatic carbocycles. The topological polar surface area (TPSA) is 20.3 Å². The number of carbonyl (C=O) groups excluding carboxylic acids is 1. The molecule has 0 saturated carbocycles. The second kappa shape index (κ2) is 9.81. The van der Waals surface area contributed by atoms with Crippen molar-refractivity contribution in [3.63, 3.8) is 0 Å². The normalized spacial score (nSPS) is 12.7. The molecule has 2 nitrogen and oxygen atoms in total. The van der Waals surface area contributed by atoms with Crippen molar-refractivity contribution < 1.29 is 4.79 Å². The van der Waals surface area contributed by atoms with Crippen LogP contribution in [0.4, 0.5) is 5.69 Å². The van der Waals surface area contributed by atoms with E-state index in [1.807, 2.05) is 18.2 Å². The van der Waals surface area contributed by atoms with E-state index in [0.717, 1.165) is 25.1 Å². The summed E-state index contributed by atoms with van der Waals surface area (Å²) < 4.78 is 0. The van der Waals surface area contributed by atoms with Gasteiger partial charge in [0.05, 0.1) is 5.69 Å². The molecule has 0 radical (unpaired) electrons. The van der Waals surface area contributed by atoms with E-state index in [9.17, 15) is 4.79 Å². The van der Waals surface area contributed by atoms with Gasteiger partial charge in [-0.05, 0) is 51.3 Å². The van der Waals surface area contributed by atoms with Crippen LogP contribution in [0.3, 0.4) is 0 Å². The Balaban J connectivity index is 2.66. The molecule has 0 aliphatic rings. The first-order valence-electron chi connectivity index (χ1n) is 12.2. The number of benzene rings is 2. The van der Waals surface area contributed by atoms with Crippen molar-refractivity contribution in [1.29, 1.82) is 0 Å². The summed E-state index contributed by atoms with van der Waals surface area (Å²) in [7, 11) is 0. The third-order valence-corrected chi connectivity index (χ3v) is 6.08. The Labute approximate surface area is 197 Å². The molecule has 1 amide bonds. The lowest BCUT2D eigenvalue weighted by Crippen LogP contribution is -2.37. The van der Waals surface area contributed by atoms with E-state index in [2.05, 4.69) is 98.4 Å². The van der Waals surface area contributed by atoms with Gasteiger partial charge < -0.3 is 4.90 Å². The molecule has 2 aromatic rings. The first-order chi connectivity index (χ1) is 14.7. The zero-order valence-corrected chi connectivity index (χ0v) is 22.2. The molecule has 0 heterocycles. The van der Waals surface area contributed by atoms with Crippen LogP contribution >= 0.6 is 0 Å². The Kier molecular flexibility index (Phi) is 8.02. The summed E-state index contributed by atoms with van der Waals surface area (Å²) in [6, 6.07) is 15.0. The minimum Gasteiger partial charge on any atom is -0.312 e. The maximum atomic E-state index is 13.7. The SMILES string of the molecule is CCCN(C(=O)CCc1ccccc1)c1c(C(C)(C)C)cc(C(C)(C)C)cc1C(C)(C)C. The zero-order valence-electron chi connectivity index (χ0n) is 22.2. The molecular weight excluding hydrogens is 390 g/mol. The van der Waals surface area contributed by atoms with Gasteiger partial charge in [0.15, 0.2) is 0 Å². The molecule has 2 heteroatoms. The van der Waals surface area contributed by atoms with E-state index in [-0.39, 0.29) is 22.2 Å². The molecule has 0 atom stereocenters. The largest absolute Gasteiger partial charge is 0.312 e. The fraction of sp³-hybridized carbons (Fsp3) is 0.567. The quantitative estimate of drug-likeness (QED) is 0.451. The van der Waals surface area contributed by atoms with E-state index in [4.69, 9.17) is 0 Å². The summed E-state index contributed by atoms with van der Waals surface area (Å²) >= 11 is 0. The van der Waals surface area contributed by atoms with Crippen LogP contribution in [0, 0.1) is 0 Å². The zero-order chi connectivity index (χ0) is 24.3. The summed E-state index contributed by atoms with van der Waals surface area (Å²) in [5.74, 6) is 0.218. The van der Waals surface area contributed by atoms with Crippen LogP contribution < -0.4 is 4.90 Å². The van der Waals surface area contributed by atoms with E-state index in [0.29, 0.717) is 6.42 Å². The fourth-order valence-corrected chi connectivity index (χ4v) is 4.12. The molecule has 0 fully saturated rings. The summed E-state index contributed by atoms with van der Waals surface area (Å²) in [6.07, 6.45) is 2.24. The van der Waals surface area contributed by atoms with Gasteiger partial charge in [-0.2, -0.15) is 0 Å². The van der Waals surface area contributed by atoms with Crippen LogP contribution in [0.5, 0.6) is 0 Å². The molecule has 0 bridgehead atoms. The van der Waals surface area contributed by atoms with Gasteiger partial charge in [-0.25, -0.2) is 0 Å². The number of aryl methyl sites for hydroxylation is 1. The highest BCUT2D eigenvalue weighted by atomic mass is 16.2. The molecule has 2 aromatic carbocycles. The van der Waals surface area contributed by atoms with Crippen LogP contribution in [0.1, 0.15) is 104 Å². The highest BCUT2D eigenvalue weighted by molar-refractivity contribution is 5.95. The lowest BCUT2D eigenvalue weighted by atomic mass is 9.73. The average Bonchev–Trinajstić information content (AvgIpc) is 2.68. The minimum absolute atomic E-state index is 0.0471. The van der Waals surface area contributed by atoms with Crippen LogP contribution in [-0.4, -0.2) is 12.5 Å². The van der Waals surface area contributed by atoms with E-state index in [1.54, 1.807) is 0 Å². The number of hydrogen-bond donors (Lipinski definition) is 0. The molecule has 32 heavy (non-hydrogen) atoms. The summed E-state index contributed by atoms with van der Waals surface area (Å²) in [5.41, 5.74) is 6.15. The first-order valence-corrected chi connectivity index (χ1v) is 12.2. The minimum atomic E-state index is -0.0672. The van der Waals surface area contributed by atoms with Gasteiger partial charge >= 0.3 is 0 Å². The summed E-state index contributed by atoms with van der Waals surface area (Å²) in [5, 5.41) is 0. The van der Waals surface area contributed by atoms with Crippen LogP contribution in [0.15, 0.2) is 42.5 Å². The lowest BCUT2D eigenvalue weighted by molar-refractivity contribution is -0.118. The Hall–Kier alpha value is -2.09. The maximum Gasteiger partial charge on any atom is 0.227 e. The maximum absolute atomic E-state index is 13.7. The third kappa shape index (κ3) is 6.47. The van der Waals surface area contributed by atoms with Crippen molar-refractivity contribution >= 4 is 11.6 Å². The molecule has 176 valence electrons. The summed E-state index contributed by atoms with van der Waals surface area (Å²) in [4.78, 5) is 15.8. The number of nitrogens with zero attached hydrogens (tertiary/aromatic N) is 1.